The number of aromatic nitrogens is 2. The normalized spacial score (nSPS) is 16.9. The summed E-state index contributed by atoms with van der Waals surface area (Å²) < 4.78 is 54.8. The van der Waals surface area contributed by atoms with Crippen molar-refractivity contribution >= 4 is 33.0 Å². The fourth-order valence-corrected chi connectivity index (χ4v) is 6.21. The first-order valence-corrected chi connectivity index (χ1v) is 12.1. The summed E-state index contributed by atoms with van der Waals surface area (Å²) in [7, 11) is -3.76. The molecule has 0 radical (unpaired) electrons. The predicted octanol–water partition coefficient (Wildman–Crippen LogP) is 4.21. The molecule has 1 amide bonds. The van der Waals surface area contributed by atoms with E-state index in [4.69, 9.17) is 0 Å². The zero-order chi connectivity index (χ0) is 23.0. The van der Waals surface area contributed by atoms with Gasteiger partial charge in [0.25, 0.3) is 5.91 Å². The van der Waals surface area contributed by atoms with Crippen LogP contribution in [0, 0.1) is 25.5 Å². The summed E-state index contributed by atoms with van der Waals surface area (Å²) in [5, 5.41) is 10.6. The molecule has 1 N–H and O–H groups in total. The Labute approximate surface area is 188 Å². The Kier molecular flexibility index (Phi) is 6.06. The number of nitrogens with zero attached hydrogens (tertiary/aromatic N) is 3. The molecule has 1 aromatic heterocycles. The van der Waals surface area contributed by atoms with Gasteiger partial charge in [-0.3, -0.25) is 4.79 Å². The summed E-state index contributed by atoms with van der Waals surface area (Å²) in [4.78, 5) is 12.7. The second kappa shape index (κ2) is 8.64. The second-order valence-corrected chi connectivity index (χ2v) is 10.4. The van der Waals surface area contributed by atoms with E-state index in [1.165, 1.54) is 4.31 Å². The Balaban J connectivity index is 1.56. The monoisotopic (exact) mass is 478 g/mol. The zero-order valence-electron chi connectivity index (χ0n) is 17.3. The summed E-state index contributed by atoms with van der Waals surface area (Å²) >= 11 is 0.950. The molecule has 0 spiro atoms. The van der Waals surface area contributed by atoms with Crippen LogP contribution < -0.4 is 5.32 Å². The van der Waals surface area contributed by atoms with Crippen molar-refractivity contribution in [3.05, 3.63) is 69.2 Å². The lowest BCUT2D eigenvalue weighted by atomic mass is 10.1. The molecule has 7 nitrogen and oxygen atoms in total. The largest absolute Gasteiger partial charge is 0.317 e. The third-order valence-electron chi connectivity index (χ3n) is 5.39. The Morgan fingerprint density at radius 2 is 1.91 bits per heavy atom. The van der Waals surface area contributed by atoms with Gasteiger partial charge in [-0.15, -0.1) is 10.2 Å². The van der Waals surface area contributed by atoms with Gasteiger partial charge in [0, 0.05) is 12.6 Å². The van der Waals surface area contributed by atoms with Crippen molar-refractivity contribution in [3.63, 3.8) is 0 Å². The maximum Gasteiger partial charge on any atom is 0.286 e. The minimum atomic E-state index is -3.76. The van der Waals surface area contributed by atoms with Gasteiger partial charge < -0.3 is 5.32 Å². The molecule has 11 heteroatoms. The minimum absolute atomic E-state index is 0.0425. The average molecular weight is 479 g/mol. The highest BCUT2D eigenvalue weighted by atomic mass is 32.2. The number of anilines is 1. The number of sulfonamides is 1. The van der Waals surface area contributed by atoms with E-state index in [-0.39, 0.29) is 15.6 Å². The Morgan fingerprint density at radius 3 is 2.62 bits per heavy atom. The standard InChI is InChI=1S/C21H20F2N4O3S2/c1-12-5-7-15(10-13(12)2)32(29,30)27-9-3-4-18(27)20-25-26-21(31-20)19(28)24-17-8-6-14(22)11-16(17)23/h5-8,10-11,18H,3-4,9H2,1-2H3,(H,24,28)/t18-/m1/s1. The van der Waals surface area contributed by atoms with Gasteiger partial charge in [-0.2, -0.15) is 4.31 Å². The first-order chi connectivity index (χ1) is 15.2. The van der Waals surface area contributed by atoms with Crippen molar-refractivity contribution in [2.75, 3.05) is 11.9 Å². The number of amides is 1. The highest BCUT2D eigenvalue weighted by molar-refractivity contribution is 7.89. The van der Waals surface area contributed by atoms with Gasteiger partial charge in [-0.1, -0.05) is 17.4 Å². The van der Waals surface area contributed by atoms with Gasteiger partial charge in [-0.25, -0.2) is 17.2 Å². The van der Waals surface area contributed by atoms with Gasteiger partial charge in [0.2, 0.25) is 15.0 Å². The lowest BCUT2D eigenvalue weighted by Crippen LogP contribution is -2.30. The number of hydrogen-bond donors (Lipinski definition) is 1. The number of nitrogens with one attached hydrogen (secondary N) is 1. The highest BCUT2D eigenvalue weighted by Gasteiger charge is 2.38. The van der Waals surface area contributed by atoms with Gasteiger partial charge in [-0.05, 0) is 62.1 Å². The van der Waals surface area contributed by atoms with Crippen LogP contribution in [-0.2, 0) is 10.0 Å². The van der Waals surface area contributed by atoms with Gasteiger partial charge in [0.15, 0.2) is 0 Å². The Morgan fingerprint density at radius 1 is 1.12 bits per heavy atom. The van der Waals surface area contributed by atoms with Crippen LogP contribution in [-0.4, -0.2) is 35.4 Å². The van der Waals surface area contributed by atoms with E-state index in [1.54, 1.807) is 18.2 Å². The van der Waals surface area contributed by atoms with E-state index < -0.39 is 33.6 Å². The fourth-order valence-electron chi connectivity index (χ4n) is 3.51. The Hall–Kier alpha value is -2.76. The predicted molar refractivity (Wildman–Crippen MR) is 116 cm³/mol. The van der Waals surface area contributed by atoms with Crippen molar-refractivity contribution < 1.29 is 22.0 Å². The molecule has 0 unspecified atom stereocenters. The van der Waals surface area contributed by atoms with E-state index >= 15 is 0 Å². The lowest BCUT2D eigenvalue weighted by Gasteiger charge is -2.22. The molecule has 1 aliphatic rings. The third kappa shape index (κ3) is 4.27. The van der Waals surface area contributed by atoms with Gasteiger partial charge in [0.1, 0.15) is 16.6 Å². The minimum Gasteiger partial charge on any atom is -0.317 e. The SMILES string of the molecule is Cc1ccc(S(=O)(=O)N2CCC[C@@H]2c2nnc(C(=O)Nc3ccc(F)cc3F)s2)cc1C. The molecule has 3 aromatic rings. The van der Waals surface area contributed by atoms with E-state index in [1.807, 2.05) is 13.8 Å². The number of aryl methyl sites for hydroxylation is 2. The maximum atomic E-state index is 13.8. The molecule has 1 atom stereocenters. The van der Waals surface area contributed by atoms with Crippen LogP contribution in [0.2, 0.25) is 0 Å². The molecule has 1 saturated heterocycles. The van der Waals surface area contributed by atoms with Crippen molar-refractivity contribution in [2.45, 2.75) is 37.6 Å². The number of rotatable bonds is 5. The summed E-state index contributed by atoms with van der Waals surface area (Å²) in [5.74, 6) is -2.38. The van der Waals surface area contributed by atoms with Crippen LogP contribution in [0.25, 0.3) is 0 Å². The summed E-state index contributed by atoms with van der Waals surface area (Å²) in [6.45, 7) is 4.10. The summed E-state index contributed by atoms with van der Waals surface area (Å²) in [6, 6.07) is 7.27. The molecule has 1 fully saturated rings. The van der Waals surface area contributed by atoms with Crippen LogP contribution in [0.3, 0.4) is 0 Å². The van der Waals surface area contributed by atoms with E-state index in [9.17, 15) is 22.0 Å². The van der Waals surface area contributed by atoms with Crippen LogP contribution >= 0.6 is 11.3 Å². The molecule has 0 bridgehead atoms. The van der Waals surface area contributed by atoms with Crippen LogP contribution in [0.4, 0.5) is 14.5 Å². The smallest absolute Gasteiger partial charge is 0.286 e. The second-order valence-electron chi connectivity index (χ2n) is 7.54. The molecule has 0 saturated carbocycles. The summed E-state index contributed by atoms with van der Waals surface area (Å²) in [6.07, 6.45) is 1.20. The van der Waals surface area contributed by atoms with E-state index in [2.05, 4.69) is 15.5 Å². The quantitative estimate of drug-likeness (QED) is 0.593. The number of carbonyl (C=O) groups is 1. The first-order valence-electron chi connectivity index (χ1n) is 9.85. The van der Waals surface area contributed by atoms with Crippen LogP contribution in [0.1, 0.15) is 44.8 Å². The molecule has 2 aromatic carbocycles. The Bertz CT molecular complexity index is 1290. The lowest BCUT2D eigenvalue weighted by molar-refractivity contribution is 0.102. The number of halogens is 2. The topological polar surface area (TPSA) is 92.3 Å². The van der Waals surface area contributed by atoms with Crippen molar-refractivity contribution in [1.29, 1.82) is 0 Å². The van der Waals surface area contributed by atoms with E-state index in [0.717, 1.165) is 34.6 Å². The number of hydrogen-bond acceptors (Lipinski definition) is 6. The third-order valence-corrected chi connectivity index (χ3v) is 8.32. The zero-order valence-corrected chi connectivity index (χ0v) is 18.9. The van der Waals surface area contributed by atoms with Crippen molar-refractivity contribution in [2.24, 2.45) is 0 Å². The molecular formula is C21H20F2N4O3S2. The number of benzene rings is 2. The van der Waals surface area contributed by atoms with Crippen molar-refractivity contribution in [1.82, 2.24) is 14.5 Å². The molecule has 4 rings (SSSR count). The molecule has 0 aliphatic carbocycles. The van der Waals surface area contributed by atoms with Gasteiger partial charge in [0.05, 0.1) is 16.6 Å². The molecule has 168 valence electrons. The molecule has 1 aliphatic heterocycles. The average Bonchev–Trinajstić information content (AvgIpc) is 3.41. The van der Waals surface area contributed by atoms with Gasteiger partial charge >= 0.3 is 0 Å². The van der Waals surface area contributed by atoms with E-state index in [0.29, 0.717) is 30.5 Å². The molecule has 2 heterocycles. The molecular weight excluding hydrogens is 458 g/mol. The summed E-state index contributed by atoms with van der Waals surface area (Å²) in [5.41, 5.74) is 1.69. The van der Waals surface area contributed by atoms with Crippen LogP contribution in [0.5, 0.6) is 0 Å². The van der Waals surface area contributed by atoms with Crippen molar-refractivity contribution in [3.8, 4) is 0 Å². The highest BCUT2D eigenvalue weighted by Crippen LogP contribution is 2.38. The molecule has 32 heavy (non-hydrogen) atoms. The maximum absolute atomic E-state index is 13.8. The first kappa shape index (κ1) is 22.4. The fraction of sp³-hybridized carbons (Fsp3) is 0.286. The van der Waals surface area contributed by atoms with Crippen LogP contribution in [0.15, 0.2) is 41.3 Å². The number of carbonyl (C=O) groups excluding carboxylic acids is 1.